The van der Waals surface area contributed by atoms with Crippen LogP contribution < -0.4 is 19.7 Å². The maximum Gasteiger partial charge on any atom is 0.264 e. The molecule has 3 aromatic carbocycles. The van der Waals surface area contributed by atoms with E-state index in [1.807, 2.05) is 6.07 Å². The quantitative estimate of drug-likeness (QED) is 0.287. The van der Waals surface area contributed by atoms with Crippen LogP contribution in [0.4, 0.5) is 11.4 Å². The molecule has 0 aliphatic heterocycles. The van der Waals surface area contributed by atoms with Crippen LogP contribution in [0.1, 0.15) is 37.0 Å². The van der Waals surface area contributed by atoms with Crippen LogP contribution in [0.5, 0.6) is 5.75 Å². The number of hydrogen-bond donors (Lipinski definition) is 2. The first kappa shape index (κ1) is 26.2. The monoisotopic (exact) mass is 511 g/mol. The average molecular weight is 512 g/mol. The molecule has 0 spiro atoms. The SMILES string of the molecule is CCCCOc1cccc(C(=O)NC(=S)Nc2ccc(S(=O)(=O)N(CC)c3ccccc3)cc2)c1. The standard InChI is InChI=1S/C26H29N3O4S2/c1-3-5-18-33-23-13-9-10-20(19-23)25(30)28-26(34)27-21-14-16-24(17-15-21)35(31,32)29(4-2)22-11-7-6-8-12-22/h6-17,19H,3-5,18H2,1-2H3,(H2,27,28,30,34). The van der Waals surface area contributed by atoms with Crippen LogP contribution in [0, 0.1) is 0 Å². The Balaban J connectivity index is 1.63. The van der Waals surface area contributed by atoms with Crippen molar-refractivity contribution in [3.8, 4) is 5.75 Å². The summed E-state index contributed by atoms with van der Waals surface area (Å²) < 4.78 is 33.2. The van der Waals surface area contributed by atoms with E-state index in [1.54, 1.807) is 67.6 Å². The van der Waals surface area contributed by atoms with Gasteiger partial charge in [0.1, 0.15) is 5.75 Å². The summed E-state index contributed by atoms with van der Waals surface area (Å²) in [6, 6.07) is 22.1. The Kier molecular flexibility index (Phi) is 9.22. The number of sulfonamides is 1. The molecule has 0 radical (unpaired) electrons. The number of nitrogens with one attached hydrogen (secondary N) is 2. The highest BCUT2D eigenvalue weighted by Gasteiger charge is 2.23. The maximum absolute atomic E-state index is 13.1. The highest BCUT2D eigenvalue weighted by Crippen LogP contribution is 2.24. The van der Waals surface area contributed by atoms with E-state index in [4.69, 9.17) is 17.0 Å². The van der Waals surface area contributed by atoms with Gasteiger partial charge in [0.15, 0.2) is 5.11 Å². The molecule has 35 heavy (non-hydrogen) atoms. The molecule has 0 aliphatic rings. The molecular weight excluding hydrogens is 482 g/mol. The van der Waals surface area contributed by atoms with E-state index < -0.39 is 10.0 Å². The van der Waals surface area contributed by atoms with Crippen molar-refractivity contribution in [3.63, 3.8) is 0 Å². The van der Waals surface area contributed by atoms with E-state index in [2.05, 4.69) is 17.6 Å². The average Bonchev–Trinajstić information content (AvgIpc) is 2.85. The van der Waals surface area contributed by atoms with Gasteiger partial charge < -0.3 is 10.1 Å². The van der Waals surface area contributed by atoms with Gasteiger partial charge in [-0.15, -0.1) is 0 Å². The van der Waals surface area contributed by atoms with Gasteiger partial charge in [-0.3, -0.25) is 14.4 Å². The molecule has 7 nitrogen and oxygen atoms in total. The summed E-state index contributed by atoms with van der Waals surface area (Å²) in [5.41, 5.74) is 1.57. The van der Waals surface area contributed by atoms with E-state index in [0.29, 0.717) is 35.8 Å². The van der Waals surface area contributed by atoms with E-state index in [-0.39, 0.29) is 15.9 Å². The molecule has 3 aromatic rings. The number of hydrogen-bond acceptors (Lipinski definition) is 5. The third kappa shape index (κ3) is 7.03. The van der Waals surface area contributed by atoms with Crippen LogP contribution in [0.3, 0.4) is 0 Å². The van der Waals surface area contributed by atoms with Crippen molar-refractivity contribution < 1.29 is 17.9 Å². The Labute approximate surface area is 212 Å². The Bertz CT molecular complexity index is 1250. The molecule has 0 aliphatic carbocycles. The Morgan fingerprint density at radius 3 is 2.34 bits per heavy atom. The Morgan fingerprint density at radius 1 is 0.971 bits per heavy atom. The first-order valence-electron chi connectivity index (χ1n) is 11.4. The molecule has 1 amide bonds. The third-order valence-corrected chi connectivity index (χ3v) is 7.24. The van der Waals surface area contributed by atoms with E-state index in [0.717, 1.165) is 12.8 Å². The summed E-state index contributed by atoms with van der Waals surface area (Å²) in [5, 5.41) is 5.64. The molecule has 0 saturated heterocycles. The van der Waals surface area contributed by atoms with Crippen molar-refractivity contribution in [2.45, 2.75) is 31.6 Å². The number of para-hydroxylation sites is 1. The molecule has 3 rings (SSSR count). The predicted molar refractivity (Wildman–Crippen MR) is 144 cm³/mol. The minimum absolute atomic E-state index is 0.0994. The molecule has 0 heterocycles. The number of carbonyl (C=O) groups is 1. The zero-order valence-corrected chi connectivity index (χ0v) is 21.4. The number of rotatable bonds is 10. The van der Waals surface area contributed by atoms with Gasteiger partial charge in [0.25, 0.3) is 15.9 Å². The van der Waals surface area contributed by atoms with Gasteiger partial charge in [0.2, 0.25) is 0 Å². The van der Waals surface area contributed by atoms with Crippen molar-refractivity contribution in [3.05, 3.63) is 84.4 Å². The fourth-order valence-corrected chi connectivity index (χ4v) is 5.01. The summed E-state index contributed by atoms with van der Waals surface area (Å²) in [5.74, 6) is 0.252. The van der Waals surface area contributed by atoms with Crippen molar-refractivity contribution >= 4 is 44.6 Å². The Morgan fingerprint density at radius 2 is 1.69 bits per heavy atom. The first-order chi connectivity index (χ1) is 16.8. The second-order valence-corrected chi connectivity index (χ2v) is 9.94. The van der Waals surface area contributed by atoms with E-state index >= 15 is 0 Å². The lowest BCUT2D eigenvalue weighted by Gasteiger charge is -2.23. The summed E-state index contributed by atoms with van der Waals surface area (Å²) >= 11 is 5.26. The molecule has 0 aromatic heterocycles. The number of unbranched alkanes of at least 4 members (excludes halogenated alkanes) is 1. The van der Waals surface area contributed by atoms with Crippen LogP contribution in [-0.2, 0) is 10.0 Å². The van der Waals surface area contributed by atoms with Gasteiger partial charge in [-0.25, -0.2) is 8.42 Å². The first-order valence-corrected chi connectivity index (χ1v) is 13.2. The van der Waals surface area contributed by atoms with Gasteiger partial charge in [-0.05, 0) is 80.2 Å². The van der Waals surface area contributed by atoms with Crippen molar-refractivity contribution in [1.29, 1.82) is 0 Å². The largest absolute Gasteiger partial charge is 0.494 e. The van der Waals surface area contributed by atoms with Crippen molar-refractivity contribution in [2.75, 3.05) is 22.8 Å². The minimum Gasteiger partial charge on any atom is -0.494 e. The third-order valence-electron chi connectivity index (χ3n) is 5.12. The van der Waals surface area contributed by atoms with E-state index in [1.165, 1.54) is 16.4 Å². The molecule has 9 heteroatoms. The molecule has 0 atom stereocenters. The smallest absolute Gasteiger partial charge is 0.264 e. The van der Waals surface area contributed by atoms with Gasteiger partial charge in [-0.2, -0.15) is 0 Å². The van der Waals surface area contributed by atoms with Crippen LogP contribution >= 0.6 is 12.2 Å². The second-order valence-electron chi connectivity index (χ2n) is 7.67. The number of benzene rings is 3. The zero-order chi connectivity index (χ0) is 25.3. The van der Waals surface area contributed by atoms with Gasteiger partial charge in [-0.1, -0.05) is 37.6 Å². The molecule has 0 bridgehead atoms. The van der Waals surface area contributed by atoms with Crippen LogP contribution in [0.25, 0.3) is 0 Å². The number of amides is 1. The molecule has 0 fully saturated rings. The van der Waals surface area contributed by atoms with Crippen molar-refractivity contribution in [1.82, 2.24) is 5.32 Å². The summed E-state index contributed by atoms with van der Waals surface area (Å²) in [6.45, 7) is 4.76. The fourth-order valence-electron chi connectivity index (χ4n) is 3.32. The number of thiocarbonyl (C=S) groups is 1. The molecule has 0 unspecified atom stereocenters. The van der Waals surface area contributed by atoms with Gasteiger partial charge >= 0.3 is 0 Å². The highest BCUT2D eigenvalue weighted by molar-refractivity contribution is 7.92. The lowest BCUT2D eigenvalue weighted by molar-refractivity contribution is 0.0977. The molecule has 0 saturated carbocycles. The normalized spacial score (nSPS) is 10.9. The maximum atomic E-state index is 13.1. The van der Waals surface area contributed by atoms with Crippen LogP contribution in [0.2, 0.25) is 0 Å². The highest BCUT2D eigenvalue weighted by atomic mass is 32.2. The number of carbonyl (C=O) groups excluding carboxylic acids is 1. The summed E-state index contributed by atoms with van der Waals surface area (Å²) in [7, 11) is -3.73. The van der Waals surface area contributed by atoms with Crippen LogP contribution in [-0.4, -0.2) is 32.6 Å². The molecular formula is C26H29N3O4S2. The van der Waals surface area contributed by atoms with Crippen molar-refractivity contribution in [2.24, 2.45) is 0 Å². The Hall–Kier alpha value is -3.43. The fraction of sp³-hybridized carbons (Fsp3) is 0.231. The zero-order valence-electron chi connectivity index (χ0n) is 19.7. The second kappa shape index (κ2) is 12.3. The number of nitrogens with zero attached hydrogens (tertiary/aromatic N) is 1. The topological polar surface area (TPSA) is 87.7 Å². The number of anilines is 2. The lowest BCUT2D eigenvalue weighted by atomic mass is 10.2. The van der Waals surface area contributed by atoms with Crippen LogP contribution in [0.15, 0.2) is 83.8 Å². The summed E-state index contributed by atoms with van der Waals surface area (Å²) in [6.07, 6.45) is 1.96. The predicted octanol–water partition coefficient (Wildman–Crippen LogP) is 5.21. The lowest BCUT2D eigenvalue weighted by Crippen LogP contribution is -2.34. The van der Waals surface area contributed by atoms with Gasteiger partial charge in [0.05, 0.1) is 17.2 Å². The minimum atomic E-state index is -3.73. The number of ether oxygens (including phenoxy) is 1. The van der Waals surface area contributed by atoms with Gasteiger partial charge in [0, 0.05) is 17.8 Å². The molecule has 184 valence electrons. The summed E-state index contributed by atoms with van der Waals surface area (Å²) in [4.78, 5) is 12.7. The molecule has 2 N–H and O–H groups in total. The van der Waals surface area contributed by atoms with E-state index in [9.17, 15) is 13.2 Å².